The van der Waals surface area contributed by atoms with Gasteiger partial charge in [-0.25, -0.2) is 23.5 Å². The number of aliphatic hydroxyl groups is 1. The number of aliphatic hydroxyl groups excluding tert-OH is 1. The van der Waals surface area contributed by atoms with Gasteiger partial charge >= 0.3 is 11.9 Å². The Morgan fingerprint density at radius 3 is 2.33 bits per heavy atom. The van der Waals surface area contributed by atoms with Gasteiger partial charge in [0.25, 0.3) is 0 Å². The average Bonchev–Trinajstić information content (AvgIpc) is 3.36. The smallest absolute Gasteiger partial charge is 0.382 e. The zero-order valence-electron chi connectivity index (χ0n) is 18.5. The Morgan fingerprint density at radius 1 is 1.06 bits per heavy atom. The molecule has 2 atom stereocenters. The number of nitrogens with zero attached hydrogens (tertiary/aromatic N) is 6. The Kier molecular flexibility index (Phi) is 7.21. The number of hydrogen-bond acceptors (Lipinski definition) is 5. The lowest BCUT2D eigenvalue weighted by Crippen LogP contribution is -2.37. The monoisotopic (exact) mass is 544 g/mol. The number of rotatable bonds is 7. The quantitative estimate of drug-likeness (QED) is 0.343. The van der Waals surface area contributed by atoms with Gasteiger partial charge in [-0.1, -0.05) is 35.3 Å². The van der Waals surface area contributed by atoms with Gasteiger partial charge in [0.15, 0.2) is 29.7 Å². The van der Waals surface area contributed by atoms with Crippen LogP contribution in [0, 0.1) is 0 Å². The molecule has 1 unspecified atom stereocenters. The highest BCUT2D eigenvalue weighted by Gasteiger charge is 2.39. The molecule has 1 N–H and O–H groups in total. The number of benzene rings is 2. The fraction of sp³-hybridized carbons (Fsp3) is 0.273. The van der Waals surface area contributed by atoms with Gasteiger partial charge in [-0.2, -0.15) is 13.2 Å². The van der Waals surface area contributed by atoms with Crippen LogP contribution in [0.5, 0.6) is 0 Å². The molecule has 0 bridgehead atoms. The summed E-state index contributed by atoms with van der Waals surface area (Å²) in [6, 6.07) is 12.4. The Labute approximate surface area is 211 Å². The molecule has 36 heavy (non-hydrogen) atoms. The van der Waals surface area contributed by atoms with Crippen molar-refractivity contribution in [3.63, 3.8) is 0 Å². The Balaban J connectivity index is 1.78. The summed E-state index contributed by atoms with van der Waals surface area (Å²) in [5.41, 5.74) is -0.310. The molecule has 0 spiro atoms. The zero-order valence-corrected chi connectivity index (χ0v) is 20.0. The number of aromatic nitrogens is 6. The number of alkyl halides is 4. The predicted octanol–water partition coefficient (Wildman–Crippen LogP) is 4.60. The maximum Gasteiger partial charge on any atom is 0.416 e. The van der Waals surface area contributed by atoms with Crippen molar-refractivity contribution in [2.75, 3.05) is 0 Å². The van der Waals surface area contributed by atoms with Crippen LogP contribution in [0.3, 0.4) is 0 Å². The van der Waals surface area contributed by atoms with Crippen LogP contribution in [0.15, 0.2) is 53.3 Å². The number of para-hydroxylation sites is 1. The molecule has 0 saturated carbocycles. The molecule has 2 heterocycles. The zero-order chi connectivity index (χ0) is 26.2. The van der Waals surface area contributed by atoms with Gasteiger partial charge in [0, 0.05) is 10.6 Å². The van der Waals surface area contributed by atoms with Crippen LogP contribution in [0.4, 0.5) is 17.6 Å². The van der Waals surface area contributed by atoms with Crippen LogP contribution in [0.1, 0.15) is 24.7 Å². The van der Waals surface area contributed by atoms with E-state index in [1.54, 1.807) is 24.3 Å². The van der Waals surface area contributed by atoms with E-state index in [2.05, 4.69) is 15.2 Å². The van der Waals surface area contributed by atoms with Gasteiger partial charge in [0.05, 0.1) is 17.3 Å². The third kappa shape index (κ3) is 5.30. The molecule has 14 heteroatoms. The van der Waals surface area contributed by atoms with Crippen molar-refractivity contribution >= 4 is 23.2 Å². The summed E-state index contributed by atoms with van der Waals surface area (Å²) in [5.74, 6) is -0.249. The minimum absolute atomic E-state index is 0.0276. The third-order valence-electron chi connectivity index (χ3n) is 5.16. The van der Waals surface area contributed by atoms with E-state index in [-0.39, 0.29) is 34.6 Å². The maximum absolute atomic E-state index is 14.3. The molecule has 0 radical (unpaired) electrons. The van der Waals surface area contributed by atoms with Crippen LogP contribution in [-0.2, 0) is 13.1 Å². The highest BCUT2D eigenvalue weighted by atomic mass is 35.5. The van der Waals surface area contributed by atoms with Crippen molar-refractivity contribution in [1.82, 2.24) is 29.1 Å². The van der Waals surface area contributed by atoms with E-state index in [1.165, 1.54) is 35.9 Å². The molecule has 0 aliphatic heterocycles. The lowest BCUT2D eigenvalue weighted by molar-refractivity contribution is -0.207. The molecule has 2 aromatic carbocycles. The third-order valence-corrected chi connectivity index (χ3v) is 5.73. The molecule has 4 rings (SSSR count). The lowest BCUT2D eigenvalue weighted by Gasteiger charge is -2.15. The molecule has 0 aliphatic carbocycles. The van der Waals surface area contributed by atoms with Gasteiger partial charge in [-0.15, -0.1) is 10.2 Å². The van der Waals surface area contributed by atoms with Crippen molar-refractivity contribution in [2.45, 2.75) is 38.5 Å². The van der Waals surface area contributed by atoms with Crippen molar-refractivity contribution in [2.24, 2.45) is 0 Å². The molecular weight excluding hydrogens is 527 g/mol. The minimum atomic E-state index is -4.96. The van der Waals surface area contributed by atoms with E-state index >= 15 is 0 Å². The topological polar surface area (TPSA) is 90.8 Å². The van der Waals surface area contributed by atoms with Crippen LogP contribution in [0.25, 0.3) is 17.1 Å². The lowest BCUT2D eigenvalue weighted by atomic mass is 10.2. The van der Waals surface area contributed by atoms with Crippen molar-refractivity contribution in [3.8, 4) is 17.1 Å². The second-order valence-electron chi connectivity index (χ2n) is 7.80. The van der Waals surface area contributed by atoms with Crippen molar-refractivity contribution < 1.29 is 22.7 Å². The highest BCUT2D eigenvalue weighted by Crippen LogP contribution is 2.26. The van der Waals surface area contributed by atoms with Crippen LogP contribution < -0.4 is 5.69 Å². The molecule has 2 aromatic heterocycles. The first-order chi connectivity index (χ1) is 17.0. The van der Waals surface area contributed by atoms with E-state index in [4.69, 9.17) is 23.2 Å². The molecular formula is C22H18Cl2F4N6O2. The summed E-state index contributed by atoms with van der Waals surface area (Å²) in [5, 5.41) is 18.7. The van der Waals surface area contributed by atoms with Crippen molar-refractivity contribution in [1.29, 1.82) is 0 Å². The predicted molar refractivity (Wildman–Crippen MR) is 124 cm³/mol. The Morgan fingerprint density at radius 2 is 1.72 bits per heavy atom. The van der Waals surface area contributed by atoms with Gasteiger partial charge < -0.3 is 5.11 Å². The normalized spacial score (nSPS) is 13.7. The Hall–Kier alpha value is -3.22. The summed E-state index contributed by atoms with van der Waals surface area (Å²) in [4.78, 5) is 17.2. The van der Waals surface area contributed by atoms with Crippen LogP contribution in [0.2, 0.25) is 10.0 Å². The number of hydrogen-bond donors (Lipinski definition) is 1. The van der Waals surface area contributed by atoms with Crippen LogP contribution in [-0.4, -0.2) is 46.5 Å². The summed E-state index contributed by atoms with van der Waals surface area (Å²) in [6.45, 7) is -0.223. The fourth-order valence-corrected chi connectivity index (χ4v) is 3.77. The van der Waals surface area contributed by atoms with E-state index < -0.39 is 30.7 Å². The first-order valence-electron chi connectivity index (χ1n) is 10.5. The fourth-order valence-electron chi connectivity index (χ4n) is 3.43. The molecule has 190 valence electrons. The molecule has 0 aliphatic rings. The van der Waals surface area contributed by atoms with Gasteiger partial charge in [0.1, 0.15) is 6.54 Å². The van der Waals surface area contributed by atoms with E-state index in [0.29, 0.717) is 15.3 Å². The van der Waals surface area contributed by atoms with E-state index in [9.17, 15) is 27.5 Å². The maximum atomic E-state index is 14.3. The first-order valence-corrected chi connectivity index (χ1v) is 11.2. The molecule has 0 saturated heterocycles. The second-order valence-corrected chi connectivity index (χ2v) is 8.65. The Bertz CT molecular complexity index is 1430. The van der Waals surface area contributed by atoms with E-state index in [1.807, 2.05) is 0 Å². The highest BCUT2D eigenvalue weighted by molar-refractivity contribution is 6.32. The summed E-state index contributed by atoms with van der Waals surface area (Å²) >= 11 is 12.1. The summed E-state index contributed by atoms with van der Waals surface area (Å²) in [7, 11) is 0. The average molecular weight is 545 g/mol. The first kappa shape index (κ1) is 25.9. The number of halogens is 6. The standard InChI is InChI=1S/C22H18Cl2F4N6O2/c1-12(25)19-29-18(30-34(19)16-5-3-2-4-15(16)24)11-33-21(36)32(10-17(35)22(26,27)28)20(31-33)13-6-8-14(23)9-7-13/h2-9,12,17,35H,10-11H2,1H3/t12?,17-/m0/s1. The summed E-state index contributed by atoms with van der Waals surface area (Å²) < 4.78 is 56.2. The van der Waals surface area contributed by atoms with Gasteiger partial charge in [-0.05, 0) is 43.3 Å². The van der Waals surface area contributed by atoms with Crippen LogP contribution >= 0.6 is 23.2 Å². The van der Waals surface area contributed by atoms with Gasteiger partial charge in [0.2, 0.25) is 0 Å². The summed E-state index contributed by atoms with van der Waals surface area (Å²) in [6.07, 6.45) is -9.32. The second kappa shape index (κ2) is 10.0. The molecule has 8 nitrogen and oxygen atoms in total. The molecule has 0 amide bonds. The molecule has 4 aromatic rings. The molecule has 0 fully saturated rings. The van der Waals surface area contributed by atoms with Crippen molar-refractivity contribution in [3.05, 3.63) is 80.7 Å². The SMILES string of the molecule is CC(F)c1nc(Cn2nc(-c3ccc(Cl)cc3)n(C[C@H](O)C(F)(F)F)c2=O)nn1-c1ccccc1Cl. The van der Waals surface area contributed by atoms with E-state index in [0.717, 1.165) is 4.68 Å². The largest absolute Gasteiger partial charge is 0.416 e. The minimum Gasteiger partial charge on any atom is -0.382 e. The van der Waals surface area contributed by atoms with Gasteiger partial charge in [-0.3, -0.25) is 4.57 Å².